The minimum Gasteiger partial charge on any atom is -0.465 e. The van der Waals surface area contributed by atoms with Crippen molar-refractivity contribution < 1.29 is 9.53 Å². The molecule has 0 aliphatic heterocycles. The van der Waals surface area contributed by atoms with Crippen LogP contribution in [0.25, 0.3) is 21.8 Å². The number of fused-ring (bicyclic) bond motifs is 2. The fourth-order valence-corrected chi connectivity index (χ4v) is 7.82. The zero-order valence-corrected chi connectivity index (χ0v) is 29.6. The molecule has 250 valence electrons. The number of aromatic nitrogens is 2. The van der Waals surface area contributed by atoms with E-state index in [-0.39, 0.29) is 11.9 Å². The monoisotopic (exact) mass is 632 g/mol. The van der Waals surface area contributed by atoms with Crippen molar-refractivity contribution in [3.05, 3.63) is 106 Å². The molecule has 0 aliphatic carbocycles. The molecule has 0 atom stereocenters. The molecule has 0 amide bonds. The number of methoxy groups -OCH3 is 1. The molecule has 0 saturated heterocycles. The van der Waals surface area contributed by atoms with Crippen molar-refractivity contribution in [2.75, 3.05) is 7.11 Å². The highest BCUT2D eigenvalue weighted by Gasteiger charge is 2.32. The van der Waals surface area contributed by atoms with Gasteiger partial charge in [-0.15, -0.1) is 0 Å². The largest absolute Gasteiger partial charge is 0.465 e. The molecule has 4 nitrogen and oxygen atoms in total. The second kappa shape index (κ2) is 16.9. The maximum atomic E-state index is 13.4. The third-order valence-electron chi connectivity index (χ3n) is 10.3. The predicted molar refractivity (Wildman–Crippen MR) is 199 cm³/mol. The van der Waals surface area contributed by atoms with Crippen LogP contribution in [-0.4, -0.2) is 22.2 Å². The third kappa shape index (κ3) is 7.53. The van der Waals surface area contributed by atoms with Gasteiger partial charge >= 0.3 is 5.97 Å². The molecule has 0 spiro atoms. The number of benzene rings is 3. The molecule has 2 heterocycles. The molecule has 5 rings (SSSR count). The lowest BCUT2D eigenvalue weighted by molar-refractivity contribution is 0.0599. The number of hydrogen-bond donors (Lipinski definition) is 0. The Kier molecular flexibility index (Phi) is 12.4. The van der Waals surface area contributed by atoms with Crippen LogP contribution in [0.2, 0.25) is 0 Å². The van der Waals surface area contributed by atoms with E-state index in [2.05, 4.69) is 97.5 Å². The minimum absolute atomic E-state index is 0.128. The van der Waals surface area contributed by atoms with Crippen molar-refractivity contribution in [3.63, 3.8) is 0 Å². The molecule has 3 aromatic carbocycles. The molecule has 5 aromatic rings. The SMILES string of the molecule is CCCCCCCCn1c(C)c(C(c2ccccc2C(=O)OC)c2c(C)n(CCCCCCCC)c3ccccc23)c2ccccc21. The Hall–Kier alpha value is -3.79. The lowest BCUT2D eigenvalue weighted by atomic mass is 9.80. The number of carbonyl (C=O) groups excluding carboxylic acids is 1. The van der Waals surface area contributed by atoms with Crippen molar-refractivity contribution >= 4 is 27.8 Å². The lowest BCUT2D eigenvalue weighted by Gasteiger charge is -2.23. The van der Waals surface area contributed by atoms with Crippen LogP contribution in [0.5, 0.6) is 0 Å². The first kappa shape index (κ1) is 34.5. The maximum absolute atomic E-state index is 13.4. The standard InChI is InChI=1S/C43H56N2O2/c1-6-8-10-12-14-22-30-44-32(3)40(36-26-18-20-28-38(36)44)42(34-24-16-17-25-35(34)43(46)47-5)41-33(4)45(31-23-15-13-11-9-7-2)39-29-21-19-27-37(39)41/h16-21,24-29,42H,6-15,22-23,30-31H2,1-5H3. The molecule has 2 aromatic heterocycles. The van der Waals surface area contributed by atoms with Gasteiger partial charge < -0.3 is 13.9 Å². The number of ether oxygens (including phenoxy) is 1. The van der Waals surface area contributed by atoms with Gasteiger partial charge in [-0.25, -0.2) is 4.79 Å². The van der Waals surface area contributed by atoms with Crippen LogP contribution >= 0.6 is 0 Å². The van der Waals surface area contributed by atoms with Crippen molar-refractivity contribution in [1.82, 2.24) is 9.13 Å². The number of aryl methyl sites for hydroxylation is 2. The van der Waals surface area contributed by atoms with Gasteiger partial charge in [-0.3, -0.25) is 0 Å². The molecular formula is C43H56N2O2. The second-order valence-electron chi connectivity index (χ2n) is 13.4. The smallest absolute Gasteiger partial charge is 0.338 e. The Morgan fingerprint density at radius 3 is 1.51 bits per heavy atom. The van der Waals surface area contributed by atoms with E-state index in [9.17, 15) is 4.79 Å². The summed E-state index contributed by atoms with van der Waals surface area (Å²) in [5, 5.41) is 2.54. The molecule has 0 bridgehead atoms. The van der Waals surface area contributed by atoms with Gasteiger partial charge in [0.2, 0.25) is 0 Å². The van der Waals surface area contributed by atoms with Crippen LogP contribution in [0.3, 0.4) is 0 Å². The van der Waals surface area contributed by atoms with Crippen molar-refractivity contribution in [3.8, 4) is 0 Å². The Morgan fingerprint density at radius 1 is 0.596 bits per heavy atom. The van der Waals surface area contributed by atoms with Crippen molar-refractivity contribution in [2.45, 2.75) is 124 Å². The summed E-state index contributed by atoms with van der Waals surface area (Å²) in [5.41, 5.74) is 9.38. The highest BCUT2D eigenvalue weighted by atomic mass is 16.5. The van der Waals surface area contributed by atoms with Gasteiger partial charge in [0.25, 0.3) is 0 Å². The van der Waals surface area contributed by atoms with E-state index in [1.807, 2.05) is 12.1 Å². The number of hydrogen-bond acceptors (Lipinski definition) is 2. The fourth-order valence-electron chi connectivity index (χ4n) is 7.82. The predicted octanol–water partition coefficient (Wildman–Crippen LogP) is 11.9. The maximum Gasteiger partial charge on any atom is 0.338 e. The Labute approximate surface area is 283 Å². The van der Waals surface area contributed by atoms with Crippen LogP contribution in [0.4, 0.5) is 0 Å². The summed E-state index contributed by atoms with van der Waals surface area (Å²) < 4.78 is 10.5. The summed E-state index contributed by atoms with van der Waals surface area (Å²) in [6, 6.07) is 25.9. The summed E-state index contributed by atoms with van der Waals surface area (Å²) in [7, 11) is 1.49. The average molecular weight is 633 g/mol. The van der Waals surface area contributed by atoms with E-state index in [0.717, 1.165) is 18.7 Å². The molecule has 4 heteroatoms. The lowest BCUT2D eigenvalue weighted by Crippen LogP contribution is -2.14. The molecule has 0 saturated carbocycles. The first-order chi connectivity index (χ1) is 23.0. The zero-order chi connectivity index (χ0) is 33.2. The van der Waals surface area contributed by atoms with Gasteiger partial charge in [-0.1, -0.05) is 133 Å². The highest BCUT2D eigenvalue weighted by Crippen LogP contribution is 2.45. The first-order valence-corrected chi connectivity index (χ1v) is 18.4. The van der Waals surface area contributed by atoms with Gasteiger partial charge in [0.15, 0.2) is 0 Å². The van der Waals surface area contributed by atoms with E-state index in [4.69, 9.17) is 4.74 Å². The fraction of sp³-hybridized carbons (Fsp3) is 0.465. The average Bonchev–Trinajstić information content (AvgIpc) is 3.54. The quantitative estimate of drug-likeness (QED) is 0.0712. The number of nitrogens with zero attached hydrogens (tertiary/aromatic N) is 2. The molecular weight excluding hydrogens is 576 g/mol. The topological polar surface area (TPSA) is 36.2 Å². The number of para-hydroxylation sites is 2. The number of rotatable bonds is 18. The van der Waals surface area contributed by atoms with Gasteiger partial charge in [-0.05, 0) is 61.6 Å². The summed E-state index contributed by atoms with van der Waals surface area (Å²) >= 11 is 0. The van der Waals surface area contributed by atoms with E-state index >= 15 is 0 Å². The first-order valence-electron chi connectivity index (χ1n) is 18.4. The Balaban J connectivity index is 1.67. The molecule has 0 aliphatic rings. The van der Waals surface area contributed by atoms with E-state index in [1.165, 1.54) is 128 Å². The van der Waals surface area contributed by atoms with Crippen LogP contribution < -0.4 is 0 Å². The summed E-state index contributed by atoms with van der Waals surface area (Å²) in [4.78, 5) is 13.4. The summed E-state index contributed by atoms with van der Waals surface area (Å²) in [6.45, 7) is 11.2. The number of esters is 1. The molecule has 0 N–H and O–H groups in total. The minimum atomic E-state index is -0.285. The highest BCUT2D eigenvalue weighted by molar-refractivity contribution is 5.95. The molecule has 0 radical (unpaired) electrons. The summed E-state index contributed by atoms with van der Waals surface area (Å²) in [6.07, 6.45) is 15.3. The molecule has 0 unspecified atom stereocenters. The molecule has 0 fully saturated rings. The number of unbranched alkanes of at least 4 members (excludes halogenated alkanes) is 10. The van der Waals surface area contributed by atoms with Crippen LogP contribution in [0.15, 0.2) is 72.8 Å². The van der Waals surface area contributed by atoms with Gasteiger partial charge in [0, 0.05) is 52.2 Å². The van der Waals surface area contributed by atoms with Gasteiger partial charge in [0.1, 0.15) is 0 Å². The van der Waals surface area contributed by atoms with Crippen molar-refractivity contribution in [2.24, 2.45) is 0 Å². The molecule has 47 heavy (non-hydrogen) atoms. The Morgan fingerprint density at radius 2 is 1.02 bits per heavy atom. The summed E-state index contributed by atoms with van der Waals surface area (Å²) in [5.74, 6) is -0.413. The third-order valence-corrected chi connectivity index (χ3v) is 10.3. The second-order valence-corrected chi connectivity index (χ2v) is 13.4. The van der Waals surface area contributed by atoms with Crippen molar-refractivity contribution in [1.29, 1.82) is 0 Å². The van der Waals surface area contributed by atoms with Gasteiger partial charge in [0.05, 0.1) is 12.7 Å². The normalized spacial score (nSPS) is 11.7. The van der Waals surface area contributed by atoms with Gasteiger partial charge in [-0.2, -0.15) is 0 Å². The van der Waals surface area contributed by atoms with E-state index in [1.54, 1.807) is 0 Å². The van der Waals surface area contributed by atoms with Crippen LogP contribution in [0, 0.1) is 13.8 Å². The van der Waals surface area contributed by atoms with E-state index in [0.29, 0.717) is 5.56 Å². The van der Waals surface area contributed by atoms with Crippen LogP contribution in [-0.2, 0) is 17.8 Å². The zero-order valence-electron chi connectivity index (χ0n) is 29.6. The Bertz CT molecular complexity index is 1660. The van der Waals surface area contributed by atoms with E-state index < -0.39 is 0 Å². The number of carbonyl (C=O) groups is 1. The van der Waals surface area contributed by atoms with Crippen LogP contribution in [0.1, 0.15) is 135 Å².